The normalized spacial score (nSPS) is 17.9. The van der Waals surface area contributed by atoms with Gasteiger partial charge in [-0.15, -0.1) is 0 Å². The molecule has 0 amide bonds. The Morgan fingerprint density at radius 3 is 2.44 bits per heavy atom. The number of hydrogen-bond acceptors (Lipinski definition) is 2. The van der Waals surface area contributed by atoms with Gasteiger partial charge in [0.25, 0.3) is 0 Å². The maximum absolute atomic E-state index is 3.50. The predicted octanol–water partition coefficient (Wildman–Crippen LogP) is 3.53. The van der Waals surface area contributed by atoms with Gasteiger partial charge in [-0.1, -0.05) is 31.0 Å². The Kier molecular flexibility index (Phi) is 5.06. The molecular weight excluding hydrogens is 220 g/mol. The van der Waals surface area contributed by atoms with E-state index in [2.05, 4.69) is 48.3 Å². The molecule has 0 unspecified atom stereocenters. The van der Waals surface area contributed by atoms with Crippen molar-refractivity contribution in [3.63, 3.8) is 0 Å². The van der Waals surface area contributed by atoms with Crippen LogP contribution in [0.1, 0.15) is 31.7 Å². The van der Waals surface area contributed by atoms with Crippen LogP contribution in [0.25, 0.3) is 0 Å². The summed E-state index contributed by atoms with van der Waals surface area (Å²) in [6.07, 6.45) is 4.14. The van der Waals surface area contributed by atoms with E-state index in [0.717, 1.165) is 12.5 Å². The van der Waals surface area contributed by atoms with Crippen molar-refractivity contribution in [2.75, 3.05) is 31.5 Å². The Morgan fingerprint density at radius 2 is 1.83 bits per heavy atom. The lowest BCUT2D eigenvalue weighted by atomic mass is 9.94. The number of aryl methyl sites for hydroxylation is 1. The average Bonchev–Trinajstić information content (AvgIpc) is 2.42. The SMILES string of the molecule is CCC1CCN(CCNc2ccc(C)cc2)CC1. The number of likely N-dealkylation sites (tertiary alicyclic amines) is 1. The third-order valence-electron chi connectivity index (χ3n) is 4.09. The van der Waals surface area contributed by atoms with E-state index in [9.17, 15) is 0 Å². The van der Waals surface area contributed by atoms with Gasteiger partial charge in [0.05, 0.1) is 0 Å². The second kappa shape index (κ2) is 6.79. The van der Waals surface area contributed by atoms with Gasteiger partial charge in [0.15, 0.2) is 0 Å². The summed E-state index contributed by atoms with van der Waals surface area (Å²) in [5, 5.41) is 3.50. The molecule has 2 rings (SSSR count). The van der Waals surface area contributed by atoms with Crippen LogP contribution in [-0.2, 0) is 0 Å². The van der Waals surface area contributed by atoms with Crippen molar-refractivity contribution in [1.82, 2.24) is 4.90 Å². The molecule has 1 aromatic rings. The zero-order chi connectivity index (χ0) is 12.8. The molecule has 0 aliphatic carbocycles. The predicted molar refractivity (Wildman–Crippen MR) is 79.1 cm³/mol. The van der Waals surface area contributed by atoms with E-state index in [1.807, 2.05) is 0 Å². The van der Waals surface area contributed by atoms with Crippen LogP contribution in [0.2, 0.25) is 0 Å². The molecule has 100 valence electrons. The smallest absolute Gasteiger partial charge is 0.0340 e. The Labute approximate surface area is 111 Å². The molecule has 2 nitrogen and oxygen atoms in total. The summed E-state index contributed by atoms with van der Waals surface area (Å²) in [6, 6.07) is 8.65. The maximum Gasteiger partial charge on any atom is 0.0340 e. The van der Waals surface area contributed by atoms with Gasteiger partial charge >= 0.3 is 0 Å². The summed E-state index contributed by atoms with van der Waals surface area (Å²) in [4.78, 5) is 2.59. The maximum atomic E-state index is 3.50. The molecule has 1 heterocycles. The average molecular weight is 246 g/mol. The van der Waals surface area contributed by atoms with Gasteiger partial charge in [0.2, 0.25) is 0 Å². The summed E-state index contributed by atoms with van der Waals surface area (Å²) in [6.45, 7) is 9.24. The lowest BCUT2D eigenvalue weighted by molar-refractivity contribution is 0.188. The highest BCUT2D eigenvalue weighted by Crippen LogP contribution is 2.19. The molecule has 0 saturated carbocycles. The van der Waals surface area contributed by atoms with Gasteiger partial charge in [0.1, 0.15) is 0 Å². The van der Waals surface area contributed by atoms with E-state index < -0.39 is 0 Å². The highest BCUT2D eigenvalue weighted by atomic mass is 15.1. The van der Waals surface area contributed by atoms with Crippen LogP contribution in [0, 0.1) is 12.8 Å². The first kappa shape index (κ1) is 13.4. The van der Waals surface area contributed by atoms with Gasteiger partial charge in [-0.25, -0.2) is 0 Å². The van der Waals surface area contributed by atoms with Crippen LogP contribution in [0.5, 0.6) is 0 Å². The first-order valence-corrected chi connectivity index (χ1v) is 7.31. The summed E-state index contributed by atoms with van der Waals surface area (Å²) in [5.74, 6) is 0.978. The molecular formula is C16H26N2. The van der Waals surface area contributed by atoms with Crippen molar-refractivity contribution in [2.24, 2.45) is 5.92 Å². The number of benzene rings is 1. The first-order chi connectivity index (χ1) is 8.78. The van der Waals surface area contributed by atoms with Crippen LogP contribution in [0.3, 0.4) is 0 Å². The summed E-state index contributed by atoms with van der Waals surface area (Å²) >= 11 is 0. The summed E-state index contributed by atoms with van der Waals surface area (Å²) in [5.41, 5.74) is 2.56. The van der Waals surface area contributed by atoms with Crippen LogP contribution in [0.15, 0.2) is 24.3 Å². The minimum Gasteiger partial charge on any atom is -0.384 e. The van der Waals surface area contributed by atoms with Crippen molar-refractivity contribution in [3.8, 4) is 0 Å². The number of nitrogens with one attached hydrogen (secondary N) is 1. The highest BCUT2D eigenvalue weighted by Gasteiger charge is 2.16. The molecule has 1 N–H and O–H groups in total. The van der Waals surface area contributed by atoms with E-state index in [0.29, 0.717) is 0 Å². The molecule has 0 aromatic heterocycles. The molecule has 0 spiro atoms. The van der Waals surface area contributed by atoms with Crippen molar-refractivity contribution < 1.29 is 0 Å². The lowest BCUT2D eigenvalue weighted by Crippen LogP contribution is -2.36. The second-order valence-corrected chi connectivity index (χ2v) is 5.49. The van der Waals surface area contributed by atoms with Crippen LogP contribution in [-0.4, -0.2) is 31.1 Å². The van der Waals surface area contributed by atoms with Gasteiger partial charge in [0, 0.05) is 18.8 Å². The highest BCUT2D eigenvalue weighted by molar-refractivity contribution is 5.44. The Hall–Kier alpha value is -1.02. The summed E-state index contributed by atoms with van der Waals surface area (Å²) in [7, 11) is 0. The fraction of sp³-hybridized carbons (Fsp3) is 0.625. The molecule has 1 aliphatic rings. The third-order valence-corrected chi connectivity index (χ3v) is 4.09. The Morgan fingerprint density at radius 1 is 1.17 bits per heavy atom. The Bertz CT molecular complexity index is 337. The number of rotatable bonds is 5. The van der Waals surface area contributed by atoms with Crippen LogP contribution in [0.4, 0.5) is 5.69 Å². The minimum absolute atomic E-state index is 0.978. The van der Waals surface area contributed by atoms with Gasteiger partial charge < -0.3 is 10.2 Å². The quantitative estimate of drug-likeness (QED) is 0.855. The molecule has 2 heteroatoms. The molecule has 18 heavy (non-hydrogen) atoms. The molecule has 1 fully saturated rings. The fourth-order valence-corrected chi connectivity index (χ4v) is 2.65. The number of anilines is 1. The van der Waals surface area contributed by atoms with E-state index in [-0.39, 0.29) is 0 Å². The van der Waals surface area contributed by atoms with E-state index >= 15 is 0 Å². The minimum atomic E-state index is 0.978. The third kappa shape index (κ3) is 4.02. The molecule has 1 saturated heterocycles. The lowest BCUT2D eigenvalue weighted by Gasteiger charge is -2.31. The van der Waals surface area contributed by atoms with E-state index in [1.54, 1.807) is 0 Å². The molecule has 1 aromatic carbocycles. The van der Waals surface area contributed by atoms with Gasteiger partial charge in [-0.3, -0.25) is 0 Å². The molecule has 0 atom stereocenters. The Balaban J connectivity index is 1.65. The zero-order valence-electron chi connectivity index (χ0n) is 11.8. The topological polar surface area (TPSA) is 15.3 Å². The van der Waals surface area contributed by atoms with Crippen LogP contribution < -0.4 is 5.32 Å². The molecule has 1 aliphatic heterocycles. The van der Waals surface area contributed by atoms with Gasteiger partial charge in [-0.2, -0.15) is 0 Å². The number of piperidine rings is 1. The monoisotopic (exact) mass is 246 g/mol. The number of hydrogen-bond donors (Lipinski definition) is 1. The van der Waals surface area contributed by atoms with Crippen molar-refractivity contribution in [1.29, 1.82) is 0 Å². The van der Waals surface area contributed by atoms with E-state index in [4.69, 9.17) is 0 Å². The zero-order valence-corrected chi connectivity index (χ0v) is 11.8. The van der Waals surface area contributed by atoms with Crippen molar-refractivity contribution >= 4 is 5.69 Å². The molecule has 0 bridgehead atoms. The largest absolute Gasteiger partial charge is 0.384 e. The van der Waals surface area contributed by atoms with Gasteiger partial charge in [-0.05, 0) is 50.9 Å². The standard InChI is InChI=1S/C16H26N2/c1-3-15-8-11-18(12-9-15)13-10-17-16-6-4-14(2)5-7-16/h4-7,15,17H,3,8-13H2,1-2H3. The van der Waals surface area contributed by atoms with Crippen molar-refractivity contribution in [3.05, 3.63) is 29.8 Å². The van der Waals surface area contributed by atoms with E-state index in [1.165, 1.54) is 50.1 Å². The fourth-order valence-electron chi connectivity index (χ4n) is 2.65. The summed E-state index contributed by atoms with van der Waals surface area (Å²) < 4.78 is 0. The number of nitrogens with zero attached hydrogens (tertiary/aromatic N) is 1. The van der Waals surface area contributed by atoms with Crippen LogP contribution >= 0.6 is 0 Å². The second-order valence-electron chi connectivity index (χ2n) is 5.49. The van der Waals surface area contributed by atoms with Crippen molar-refractivity contribution in [2.45, 2.75) is 33.1 Å². The molecule has 0 radical (unpaired) electrons. The first-order valence-electron chi connectivity index (χ1n) is 7.31.